The molecule has 2 aliphatic rings. The molecule has 0 saturated heterocycles. The number of alkyl carbamates (subject to hydrolysis) is 1. The van der Waals surface area contributed by atoms with Crippen LogP contribution in [0.2, 0.25) is 0 Å². The minimum Gasteiger partial charge on any atom is -0.447 e. The summed E-state index contributed by atoms with van der Waals surface area (Å²) in [6.07, 6.45) is 8.34. The van der Waals surface area contributed by atoms with Gasteiger partial charge in [-0.1, -0.05) is 6.07 Å². The molecular formula is C30H39N5O6S2. The van der Waals surface area contributed by atoms with Gasteiger partial charge in [-0.2, -0.15) is 9.78 Å². The van der Waals surface area contributed by atoms with Gasteiger partial charge in [0, 0.05) is 29.4 Å². The van der Waals surface area contributed by atoms with Crippen LogP contribution in [-0.4, -0.2) is 58.4 Å². The summed E-state index contributed by atoms with van der Waals surface area (Å²) < 4.78 is 38.8. The standard InChI is InChI=1S/C30H39N5O6S2/c1-18(2)40-28(36)34-20-8-6-19(7-9-20)27-31-16-25(42-27)24-13-10-21(14-26(24)43(38,39)23-11-12-23)33-22-15-32-35(17-22)29(37)41-30(3,4)5/h10,13-20,23,33H,6-9,11-12H2,1-5H3,(H,34,36). The van der Waals surface area contributed by atoms with Crippen LogP contribution in [0.25, 0.3) is 10.4 Å². The number of benzene rings is 1. The van der Waals surface area contributed by atoms with E-state index in [4.69, 9.17) is 14.5 Å². The van der Waals surface area contributed by atoms with Crippen LogP contribution in [0.1, 0.15) is 84.1 Å². The van der Waals surface area contributed by atoms with E-state index in [1.54, 1.807) is 33.0 Å². The van der Waals surface area contributed by atoms with Crippen molar-refractivity contribution in [2.75, 3.05) is 5.32 Å². The van der Waals surface area contributed by atoms with Gasteiger partial charge in [0.1, 0.15) is 5.60 Å². The molecule has 2 fully saturated rings. The van der Waals surface area contributed by atoms with Gasteiger partial charge in [0.2, 0.25) is 0 Å². The normalized spacial score (nSPS) is 19.2. The number of anilines is 2. The number of carbonyl (C=O) groups is 2. The van der Waals surface area contributed by atoms with Gasteiger partial charge in [-0.25, -0.2) is 23.0 Å². The molecule has 2 saturated carbocycles. The van der Waals surface area contributed by atoms with E-state index in [1.807, 2.05) is 26.0 Å². The first-order valence-electron chi connectivity index (χ1n) is 14.6. The highest BCUT2D eigenvalue weighted by Gasteiger charge is 2.39. The van der Waals surface area contributed by atoms with E-state index in [-0.39, 0.29) is 34.3 Å². The van der Waals surface area contributed by atoms with Crippen LogP contribution in [0.3, 0.4) is 0 Å². The van der Waals surface area contributed by atoms with Crippen molar-refractivity contribution in [1.29, 1.82) is 0 Å². The number of sulfone groups is 1. The van der Waals surface area contributed by atoms with Crippen LogP contribution in [0.5, 0.6) is 0 Å². The molecule has 1 aromatic carbocycles. The number of nitrogens with zero attached hydrogens (tertiary/aromatic N) is 3. The summed E-state index contributed by atoms with van der Waals surface area (Å²) in [7, 11) is -3.54. The Hall–Kier alpha value is -3.45. The largest absolute Gasteiger partial charge is 0.447 e. The van der Waals surface area contributed by atoms with Gasteiger partial charge < -0.3 is 20.1 Å². The van der Waals surface area contributed by atoms with Crippen molar-refractivity contribution in [2.24, 2.45) is 0 Å². The monoisotopic (exact) mass is 629 g/mol. The van der Waals surface area contributed by atoms with Gasteiger partial charge in [0.05, 0.1) is 44.2 Å². The molecule has 2 aliphatic carbocycles. The molecule has 1 amide bonds. The lowest BCUT2D eigenvalue weighted by Gasteiger charge is -2.28. The van der Waals surface area contributed by atoms with Crippen molar-refractivity contribution in [3.8, 4) is 10.4 Å². The fourth-order valence-corrected chi connectivity index (χ4v) is 8.14. The van der Waals surface area contributed by atoms with E-state index in [0.717, 1.165) is 40.2 Å². The highest BCUT2D eigenvalue weighted by molar-refractivity contribution is 7.92. The van der Waals surface area contributed by atoms with Gasteiger partial charge in [0.25, 0.3) is 0 Å². The molecule has 0 aliphatic heterocycles. The summed E-state index contributed by atoms with van der Waals surface area (Å²) in [5.74, 6) is 0.254. The molecule has 232 valence electrons. The highest BCUT2D eigenvalue weighted by atomic mass is 32.2. The molecular weight excluding hydrogens is 590 g/mol. The molecule has 5 rings (SSSR count). The van der Waals surface area contributed by atoms with Gasteiger partial charge in [-0.05, 0) is 85.3 Å². The molecule has 2 heterocycles. The number of carbonyl (C=O) groups excluding carboxylic acids is 2. The molecule has 0 bridgehead atoms. The molecule has 2 aromatic heterocycles. The summed E-state index contributed by atoms with van der Waals surface area (Å²) in [5, 5.41) is 10.8. The summed E-state index contributed by atoms with van der Waals surface area (Å²) in [4.78, 5) is 30.1. The molecule has 3 aromatic rings. The highest BCUT2D eigenvalue weighted by Crippen LogP contribution is 2.43. The maximum absolute atomic E-state index is 13.6. The minimum atomic E-state index is -3.54. The van der Waals surface area contributed by atoms with Crippen molar-refractivity contribution >= 4 is 44.7 Å². The van der Waals surface area contributed by atoms with Crippen molar-refractivity contribution in [3.63, 3.8) is 0 Å². The van der Waals surface area contributed by atoms with Crippen molar-refractivity contribution in [2.45, 2.75) is 107 Å². The molecule has 13 heteroatoms. The Bertz CT molecular complexity index is 1580. The molecule has 11 nitrogen and oxygen atoms in total. The van der Waals surface area contributed by atoms with E-state index in [0.29, 0.717) is 29.8 Å². The maximum atomic E-state index is 13.6. The zero-order valence-corrected chi connectivity index (χ0v) is 26.8. The van der Waals surface area contributed by atoms with Crippen molar-refractivity contribution in [3.05, 3.63) is 41.8 Å². The van der Waals surface area contributed by atoms with Gasteiger partial charge in [-0.3, -0.25) is 0 Å². The first-order valence-corrected chi connectivity index (χ1v) is 17.0. The second-order valence-electron chi connectivity index (χ2n) is 12.4. The predicted octanol–water partition coefficient (Wildman–Crippen LogP) is 6.63. The number of rotatable bonds is 8. The Morgan fingerprint density at radius 1 is 1.05 bits per heavy atom. The number of ether oxygens (including phenoxy) is 2. The minimum absolute atomic E-state index is 0.0773. The quantitative estimate of drug-likeness (QED) is 0.281. The summed E-state index contributed by atoms with van der Waals surface area (Å²) in [6, 6.07) is 5.36. The third-order valence-electron chi connectivity index (χ3n) is 7.23. The van der Waals surface area contributed by atoms with Crippen molar-refractivity contribution in [1.82, 2.24) is 20.1 Å². The molecule has 0 unspecified atom stereocenters. The fraction of sp³-hybridized carbons (Fsp3) is 0.533. The Balaban J connectivity index is 1.32. The smallest absolute Gasteiger partial charge is 0.435 e. The van der Waals surface area contributed by atoms with E-state index >= 15 is 0 Å². The summed E-state index contributed by atoms with van der Waals surface area (Å²) in [6.45, 7) is 8.98. The molecule has 0 spiro atoms. The van der Waals surface area contributed by atoms with Gasteiger partial charge in [0.15, 0.2) is 9.84 Å². The first-order chi connectivity index (χ1) is 20.3. The number of aromatic nitrogens is 3. The Morgan fingerprint density at radius 2 is 1.77 bits per heavy atom. The fourth-order valence-electron chi connectivity index (χ4n) is 5.06. The van der Waals surface area contributed by atoms with Crippen LogP contribution < -0.4 is 10.6 Å². The Morgan fingerprint density at radius 3 is 2.42 bits per heavy atom. The van der Waals surface area contributed by atoms with E-state index < -0.39 is 21.5 Å². The van der Waals surface area contributed by atoms with Crippen molar-refractivity contribution < 1.29 is 27.5 Å². The third-order valence-corrected chi connectivity index (χ3v) is 10.7. The third kappa shape index (κ3) is 7.74. The average Bonchev–Trinajstić information content (AvgIpc) is 3.50. The predicted molar refractivity (Wildman–Crippen MR) is 165 cm³/mol. The lowest BCUT2D eigenvalue weighted by molar-refractivity contribution is 0.0514. The van der Waals surface area contributed by atoms with Crippen LogP contribution in [-0.2, 0) is 19.3 Å². The zero-order chi connectivity index (χ0) is 30.9. The average molecular weight is 630 g/mol. The van der Waals surface area contributed by atoms with Gasteiger partial charge in [-0.15, -0.1) is 11.3 Å². The number of thiazole rings is 1. The van der Waals surface area contributed by atoms with Crippen LogP contribution in [0.4, 0.5) is 21.0 Å². The van der Waals surface area contributed by atoms with Crippen LogP contribution >= 0.6 is 11.3 Å². The molecule has 43 heavy (non-hydrogen) atoms. The lowest BCUT2D eigenvalue weighted by Crippen LogP contribution is -2.38. The van der Waals surface area contributed by atoms with E-state index in [1.165, 1.54) is 23.7 Å². The van der Waals surface area contributed by atoms with Crippen LogP contribution in [0.15, 0.2) is 41.7 Å². The number of hydrogen-bond donors (Lipinski definition) is 2. The SMILES string of the molecule is CC(C)OC(=O)NC1CCC(c2ncc(-c3ccc(Nc4cnn(C(=O)OC(C)(C)C)c4)cc3S(=O)(=O)C3CC3)s2)CC1. The maximum Gasteiger partial charge on any atom is 0.435 e. The van der Waals surface area contributed by atoms with Crippen LogP contribution in [0, 0.1) is 0 Å². The second kappa shape index (κ2) is 12.3. The zero-order valence-electron chi connectivity index (χ0n) is 25.1. The summed E-state index contributed by atoms with van der Waals surface area (Å²) in [5.41, 5.74) is 1.07. The number of nitrogens with one attached hydrogen (secondary N) is 2. The first kappa shape index (κ1) is 31.0. The Labute approximate surface area is 256 Å². The number of hydrogen-bond acceptors (Lipinski definition) is 10. The molecule has 0 atom stereocenters. The Kier molecular flexibility index (Phi) is 8.85. The lowest BCUT2D eigenvalue weighted by atomic mass is 9.86. The molecule has 2 N–H and O–H groups in total. The van der Waals surface area contributed by atoms with E-state index in [2.05, 4.69) is 15.7 Å². The second-order valence-corrected chi connectivity index (χ2v) is 15.7. The topological polar surface area (TPSA) is 142 Å². The van der Waals surface area contributed by atoms with E-state index in [9.17, 15) is 18.0 Å². The number of amides is 1. The molecule has 0 radical (unpaired) electrons. The van der Waals surface area contributed by atoms with Gasteiger partial charge >= 0.3 is 12.2 Å². The summed E-state index contributed by atoms with van der Waals surface area (Å²) >= 11 is 1.53.